The van der Waals surface area contributed by atoms with Crippen molar-refractivity contribution in [1.29, 1.82) is 0 Å². The van der Waals surface area contributed by atoms with E-state index in [9.17, 15) is 9.59 Å². The largest absolute Gasteiger partial charge is 0.312 e. The van der Waals surface area contributed by atoms with Crippen molar-refractivity contribution in [2.75, 3.05) is 0 Å². The molecule has 1 saturated carbocycles. The molecule has 130 valence electrons. The average Bonchev–Trinajstić information content (AvgIpc) is 2.53. The van der Waals surface area contributed by atoms with Crippen LogP contribution >= 0.6 is 0 Å². The average molecular weight is 320 g/mol. The Kier molecular flexibility index (Phi) is 6.67. The van der Waals surface area contributed by atoms with Crippen LogP contribution in [0.25, 0.3) is 0 Å². The van der Waals surface area contributed by atoms with Crippen molar-refractivity contribution in [2.24, 2.45) is 11.3 Å². The summed E-state index contributed by atoms with van der Waals surface area (Å²) in [4.78, 5) is 25.4. The SMILES string of the molecule is C=C1NC(=O)C(CCCCCCC)(CC2CCCCC2)C(=O)N1. The molecule has 1 aliphatic heterocycles. The minimum absolute atomic E-state index is 0.132. The van der Waals surface area contributed by atoms with Crippen molar-refractivity contribution < 1.29 is 9.59 Å². The number of carbonyl (C=O) groups excluding carboxylic acids is 2. The van der Waals surface area contributed by atoms with Crippen molar-refractivity contribution in [3.63, 3.8) is 0 Å². The second-order valence-corrected chi connectivity index (χ2v) is 7.34. The number of rotatable bonds is 8. The van der Waals surface area contributed by atoms with Crippen LogP contribution in [0, 0.1) is 11.3 Å². The van der Waals surface area contributed by atoms with Crippen molar-refractivity contribution in [3.8, 4) is 0 Å². The van der Waals surface area contributed by atoms with Gasteiger partial charge in [-0.25, -0.2) is 0 Å². The second-order valence-electron chi connectivity index (χ2n) is 7.34. The molecule has 0 radical (unpaired) electrons. The summed E-state index contributed by atoms with van der Waals surface area (Å²) in [7, 11) is 0. The van der Waals surface area contributed by atoms with Gasteiger partial charge in [-0.15, -0.1) is 0 Å². The summed E-state index contributed by atoms with van der Waals surface area (Å²) in [6.07, 6.45) is 13.1. The Bertz CT molecular complexity index is 419. The highest BCUT2D eigenvalue weighted by atomic mass is 16.2. The molecule has 0 bridgehead atoms. The zero-order chi connectivity index (χ0) is 16.7. The van der Waals surface area contributed by atoms with Crippen molar-refractivity contribution >= 4 is 11.8 Å². The zero-order valence-corrected chi connectivity index (χ0v) is 14.6. The van der Waals surface area contributed by atoms with Gasteiger partial charge in [0.15, 0.2) is 0 Å². The van der Waals surface area contributed by atoms with E-state index in [1.165, 1.54) is 38.5 Å². The minimum Gasteiger partial charge on any atom is -0.312 e. The molecule has 0 aromatic rings. The molecule has 4 nitrogen and oxygen atoms in total. The number of hydrogen-bond donors (Lipinski definition) is 2. The summed E-state index contributed by atoms with van der Waals surface area (Å²) in [6, 6.07) is 0. The third-order valence-corrected chi connectivity index (χ3v) is 5.47. The van der Waals surface area contributed by atoms with Crippen LogP contribution in [0.2, 0.25) is 0 Å². The van der Waals surface area contributed by atoms with E-state index in [-0.39, 0.29) is 11.8 Å². The first kappa shape index (κ1) is 18.0. The van der Waals surface area contributed by atoms with Gasteiger partial charge < -0.3 is 10.6 Å². The number of carbonyl (C=O) groups is 2. The summed E-state index contributed by atoms with van der Waals surface area (Å²) in [5.41, 5.74) is -0.880. The molecule has 1 saturated heterocycles. The van der Waals surface area contributed by atoms with Crippen LogP contribution in [0.5, 0.6) is 0 Å². The van der Waals surface area contributed by atoms with Crippen LogP contribution in [0.1, 0.15) is 84.0 Å². The molecule has 1 heterocycles. The third-order valence-electron chi connectivity index (χ3n) is 5.47. The lowest BCUT2D eigenvalue weighted by atomic mass is 9.69. The summed E-state index contributed by atoms with van der Waals surface area (Å²) >= 11 is 0. The molecule has 0 aromatic heterocycles. The summed E-state index contributed by atoms with van der Waals surface area (Å²) < 4.78 is 0. The van der Waals surface area contributed by atoms with E-state index >= 15 is 0 Å². The molecule has 1 aliphatic carbocycles. The maximum atomic E-state index is 12.7. The standard InChI is InChI=1S/C19H32N2O2/c1-3-4-5-6-10-13-19(14-16-11-8-7-9-12-16)17(22)20-15(2)21-18(19)23/h16H,2-14H2,1H3,(H,20,22)(H,21,23). The first-order valence-electron chi connectivity index (χ1n) is 9.40. The van der Waals surface area contributed by atoms with E-state index in [1.54, 1.807) is 0 Å². The van der Waals surface area contributed by atoms with Gasteiger partial charge in [0.05, 0.1) is 0 Å². The van der Waals surface area contributed by atoms with E-state index < -0.39 is 5.41 Å². The van der Waals surface area contributed by atoms with Gasteiger partial charge in [0.2, 0.25) is 11.8 Å². The van der Waals surface area contributed by atoms with Gasteiger partial charge in [0.1, 0.15) is 11.2 Å². The fourth-order valence-corrected chi connectivity index (χ4v) is 4.08. The van der Waals surface area contributed by atoms with Gasteiger partial charge in [-0.2, -0.15) is 0 Å². The van der Waals surface area contributed by atoms with Crippen LogP contribution in [-0.2, 0) is 9.59 Å². The Balaban J connectivity index is 2.04. The number of hydrogen-bond acceptors (Lipinski definition) is 2. The second kappa shape index (κ2) is 8.51. The minimum atomic E-state index is -0.880. The maximum Gasteiger partial charge on any atom is 0.241 e. The molecule has 0 unspecified atom stereocenters. The first-order valence-corrected chi connectivity index (χ1v) is 9.40. The van der Waals surface area contributed by atoms with Gasteiger partial charge >= 0.3 is 0 Å². The number of nitrogens with one attached hydrogen (secondary N) is 2. The van der Waals surface area contributed by atoms with Gasteiger partial charge in [-0.1, -0.05) is 77.7 Å². The molecule has 0 aromatic carbocycles. The van der Waals surface area contributed by atoms with E-state index in [2.05, 4.69) is 24.1 Å². The zero-order valence-electron chi connectivity index (χ0n) is 14.6. The Morgan fingerprint density at radius 1 is 1.00 bits per heavy atom. The fraction of sp³-hybridized carbons (Fsp3) is 0.789. The molecular weight excluding hydrogens is 288 g/mol. The van der Waals surface area contributed by atoms with E-state index in [1.807, 2.05) is 0 Å². The molecule has 2 aliphatic rings. The molecule has 4 heteroatoms. The van der Waals surface area contributed by atoms with Gasteiger partial charge in [-0.3, -0.25) is 9.59 Å². The highest BCUT2D eigenvalue weighted by molar-refractivity contribution is 6.08. The Morgan fingerprint density at radius 2 is 1.61 bits per heavy atom. The molecule has 0 atom stereocenters. The monoisotopic (exact) mass is 320 g/mol. The third kappa shape index (κ3) is 4.58. The predicted octanol–water partition coefficient (Wildman–Crippen LogP) is 4.02. The number of amides is 2. The van der Waals surface area contributed by atoms with Gasteiger partial charge in [-0.05, 0) is 18.8 Å². The normalized spacial score (nSPS) is 21.9. The van der Waals surface area contributed by atoms with Gasteiger partial charge in [0, 0.05) is 0 Å². The Labute approximate surface area is 140 Å². The summed E-state index contributed by atoms with van der Waals surface area (Å²) in [5, 5.41) is 5.55. The van der Waals surface area contributed by atoms with Crippen LogP contribution in [0.4, 0.5) is 0 Å². The predicted molar refractivity (Wildman–Crippen MR) is 92.4 cm³/mol. The molecule has 2 rings (SSSR count). The highest BCUT2D eigenvalue weighted by Crippen LogP contribution is 2.40. The molecule has 23 heavy (non-hydrogen) atoms. The van der Waals surface area contributed by atoms with Crippen LogP contribution in [-0.4, -0.2) is 11.8 Å². The highest BCUT2D eigenvalue weighted by Gasteiger charge is 2.49. The number of unbranched alkanes of at least 4 members (excludes halogenated alkanes) is 4. The van der Waals surface area contributed by atoms with Crippen molar-refractivity contribution in [1.82, 2.24) is 10.6 Å². The van der Waals surface area contributed by atoms with Gasteiger partial charge in [0.25, 0.3) is 0 Å². The van der Waals surface area contributed by atoms with Crippen LogP contribution < -0.4 is 10.6 Å². The quantitative estimate of drug-likeness (QED) is 0.524. The fourth-order valence-electron chi connectivity index (χ4n) is 4.08. The first-order chi connectivity index (χ1) is 11.1. The maximum absolute atomic E-state index is 12.7. The summed E-state index contributed by atoms with van der Waals surface area (Å²) in [5.74, 6) is 0.562. The van der Waals surface area contributed by atoms with Crippen LogP contribution in [0.3, 0.4) is 0 Å². The van der Waals surface area contributed by atoms with Crippen molar-refractivity contribution in [2.45, 2.75) is 84.0 Å². The van der Waals surface area contributed by atoms with Crippen molar-refractivity contribution in [3.05, 3.63) is 12.4 Å². The topological polar surface area (TPSA) is 58.2 Å². The lowest BCUT2D eigenvalue weighted by Gasteiger charge is -2.39. The lowest BCUT2D eigenvalue weighted by molar-refractivity contribution is -0.148. The van der Waals surface area contributed by atoms with E-state index in [4.69, 9.17) is 0 Å². The molecule has 2 fully saturated rings. The molecule has 0 spiro atoms. The Hall–Kier alpha value is -1.32. The lowest BCUT2D eigenvalue weighted by Crippen LogP contribution is -2.58. The van der Waals surface area contributed by atoms with E-state index in [0.717, 1.165) is 25.7 Å². The molecule has 2 N–H and O–H groups in total. The van der Waals surface area contributed by atoms with Crippen LogP contribution in [0.15, 0.2) is 12.4 Å². The summed E-state index contributed by atoms with van der Waals surface area (Å²) in [6.45, 7) is 5.88. The smallest absolute Gasteiger partial charge is 0.241 e. The molecule has 2 amide bonds. The van der Waals surface area contributed by atoms with E-state index in [0.29, 0.717) is 24.6 Å². The molecular formula is C19H32N2O2. The Morgan fingerprint density at radius 3 is 2.22 bits per heavy atom.